The molecule has 12 aliphatic rings. The van der Waals surface area contributed by atoms with Crippen molar-refractivity contribution in [1.29, 1.82) is 0 Å². The first-order chi connectivity index (χ1) is 48.8. The van der Waals surface area contributed by atoms with Crippen LogP contribution in [0.4, 0.5) is 0 Å². The Hall–Kier alpha value is -2.07. The van der Waals surface area contributed by atoms with Crippen molar-refractivity contribution >= 4 is 5.97 Å². The Balaban J connectivity index is 0.698. The standard InChI is InChI=1S/C70H114O34/c1-26-38(75)54(101-58-47(84)40(77)30(73)23-91-58)51(88)62(95-26)103-56-41(78)31(74)24-92-63(56)99-37-13-14-67(7)35(66(37,5)6)12-15-69(9)36(67)11-10-28-29-20-65(3,4)16-18-70(29,19-17-68(28,69)8)64(90)104-60-49(86)45(82)43(80)34(98-60)25-93-57-50(87)46(83)53(33(22-72)97-57)100-61-52(89)55(39(76)27(2)94-61)102-59-48(85)44(81)42(79)32(21-71)96-59/h10,26-27,29-63,71-89H,11-25H2,1-9H3. The van der Waals surface area contributed by atoms with E-state index < -0.39 is 257 Å². The van der Waals surface area contributed by atoms with E-state index in [9.17, 15) is 97.0 Å². The topological polar surface area (TPSA) is 531 Å². The number of carbonyl (C=O) groups is 1. The molecule has 19 N–H and O–H groups in total. The predicted octanol–water partition coefficient (Wildman–Crippen LogP) is -5.23. The highest BCUT2D eigenvalue weighted by molar-refractivity contribution is 5.79. The maximum atomic E-state index is 15.4. The smallest absolute Gasteiger partial charge is 0.315 e. The largest absolute Gasteiger partial charge is 0.432 e. The maximum Gasteiger partial charge on any atom is 0.315 e. The minimum absolute atomic E-state index is 0.0908. The highest BCUT2D eigenvalue weighted by Crippen LogP contribution is 2.76. The first kappa shape index (κ1) is 81.4. The van der Waals surface area contributed by atoms with E-state index in [1.807, 2.05) is 0 Å². The summed E-state index contributed by atoms with van der Waals surface area (Å²) in [4.78, 5) is 15.4. The van der Waals surface area contributed by atoms with Crippen LogP contribution in [0.5, 0.6) is 0 Å². The van der Waals surface area contributed by atoms with Crippen molar-refractivity contribution < 1.29 is 168 Å². The first-order valence-electron chi connectivity index (χ1n) is 36.9. The van der Waals surface area contributed by atoms with Crippen LogP contribution in [0.3, 0.4) is 0 Å². The number of aliphatic hydroxyl groups excluding tert-OH is 19. The fraction of sp³-hybridized carbons (Fsp3) is 0.957. The van der Waals surface area contributed by atoms with Gasteiger partial charge in [-0.1, -0.05) is 60.1 Å². The summed E-state index contributed by atoms with van der Waals surface area (Å²) in [7, 11) is 0. The van der Waals surface area contributed by atoms with Crippen molar-refractivity contribution in [3.63, 3.8) is 0 Å². The minimum Gasteiger partial charge on any atom is -0.432 e. The molecule has 5 aliphatic carbocycles. The first-order valence-corrected chi connectivity index (χ1v) is 36.9. The van der Waals surface area contributed by atoms with Crippen LogP contribution in [-0.2, 0) is 71.1 Å². The summed E-state index contributed by atoms with van der Waals surface area (Å²) >= 11 is 0. The van der Waals surface area contributed by atoms with Crippen LogP contribution >= 0.6 is 0 Å². The van der Waals surface area contributed by atoms with E-state index in [4.69, 9.17) is 66.3 Å². The van der Waals surface area contributed by atoms with Gasteiger partial charge in [-0.15, -0.1) is 0 Å². The van der Waals surface area contributed by atoms with E-state index in [1.165, 1.54) is 19.4 Å². The van der Waals surface area contributed by atoms with Crippen molar-refractivity contribution in [3.8, 4) is 0 Å². The van der Waals surface area contributed by atoms with Gasteiger partial charge in [0.05, 0.1) is 56.8 Å². The van der Waals surface area contributed by atoms with E-state index in [-0.39, 0.29) is 40.6 Å². The van der Waals surface area contributed by atoms with Gasteiger partial charge in [0.15, 0.2) is 37.7 Å². The van der Waals surface area contributed by atoms with Gasteiger partial charge >= 0.3 is 5.97 Å². The highest BCUT2D eigenvalue weighted by atomic mass is 16.8. The number of ether oxygens (including phenoxy) is 14. The summed E-state index contributed by atoms with van der Waals surface area (Å²) in [5.41, 5.74) is -1.61. The number of esters is 1. The van der Waals surface area contributed by atoms with Crippen molar-refractivity contribution in [2.75, 3.05) is 33.0 Å². The van der Waals surface area contributed by atoms with Crippen LogP contribution < -0.4 is 0 Å². The molecule has 598 valence electrons. The van der Waals surface area contributed by atoms with Gasteiger partial charge in [0.25, 0.3) is 0 Å². The number of carbonyl (C=O) groups excluding carboxylic acids is 1. The molecule has 11 fully saturated rings. The second kappa shape index (κ2) is 30.8. The Labute approximate surface area is 602 Å². The molecule has 0 amide bonds. The molecule has 0 aromatic carbocycles. The third kappa shape index (κ3) is 14.3. The van der Waals surface area contributed by atoms with Gasteiger partial charge < -0.3 is 163 Å². The second-order valence-electron chi connectivity index (χ2n) is 33.8. The average Bonchev–Trinajstić information content (AvgIpc) is 0.674. The number of hydrogen-bond donors (Lipinski definition) is 19. The lowest BCUT2D eigenvalue weighted by atomic mass is 9.33. The van der Waals surface area contributed by atoms with Gasteiger partial charge in [0.2, 0.25) is 6.29 Å². The fourth-order valence-corrected chi connectivity index (χ4v) is 20.2. The Bertz CT molecular complexity index is 2950. The lowest BCUT2D eigenvalue weighted by Crippen LogP contribution is -2.66. The number of hydrogen-bond acceptors (Lipinski definition) is 34. The summed E-state index contributed by atoms with van der Waals surface area (Å²) < 4.78 is 83.2. The van der Waals surface area contributed by atoms with Gasteiger partial charge in [-0.2, -0.15) is 0 Å². The van der Waals surface area contributed by atoms with Crippen molar-refractivity contribution in [2.24, 2.45) is 50.2 Å². The van der Waals surface area contributed by atoms with Gasteiger partial charge in [-0.3, -0.25) is 4.79 Å². The molecule has 0 spiro atoms. The number of rotatable bonds is 17. The lowest BCUT2D eigenvalue weighted by molar-refractivity contribution is -0.379. The molecule has 7 heterocycles. The van der Waals surface area contributed by atoms with E-state index in [0.29, 0.717) is 44.9 Å². The van der Waals surface area contributed by atoms with E-state index in [1.54, 1.807) is 0 Å². The predicted molar refractivity (Wildman–Crippen MR) is 346 cm³/mol. The second-order valence-corrected chi connectivity index (χ2v) is 33.8. The third-order valence-electron chi connectivity index (χ3n) is 26.9. The number of fused-ring (bicyclic) bond motifs is 7. The van der Waals surface area contributed by atoms with Crippen LogP contribution in [0.25, 0.3) is 0 Å². The van der Waals surface area contributed by atoms with E-state index in [2.05, 4.69) is 54.5 Å². The number of aliphatic hydroxyl groups is 19. The summed E-state index contributed by atoms with van der Waals surface area (Å²) in [5.74, 6) is -0.715. The van der Waals surface area contributed by atoms with Gasteiger partial charge in [-0.25, -0.2) is 0 Å². The zero-order valence-corrected chi connectivity index (χ0v) is 60.2. The molecule has 7 aliphatic heterocycles. The molecule has 104 heavy (non-hydrogen) atoms. The molecule has 0 aromatic heterocycles. The molecule has 12 rings (SSSR count). The molecular formula is C70H114O34. The molecule has 4 saturated carbocycles. The van der Waals surface area contributed by atoms with Crippen LogP contribution in [0.15, 0.2) is 11.6 Å². The highest BCUT2D eigenvalue weighted by Gasteiger charge is 2.71. The van der Waals surface area contributed by atoms with Crippen molar-refractivity contribution in [3.05, 3.63) is 11.6 Å². The maximum absolute atomic E-state index is 15.4. The zero-order chi connectivity index (χ0) is 75.7. The quantitative estimate of drug-likeness (QED) is 0.0368. The SMILES string of the molecule is CC1OC(OC2C(OC3CCC4(C)C(CCC5(C)C4CC=C4C6CC(C)(C)CCC6(C(=O)OC6OC(COC7OC(CO)C(OC8OC(C)C(O)C(OC9OC(CO)C(O)C(O)C9O)C8O)C(O)C7O)C(O)C(O)C6O)CCC45C)C3(C)C)OCC(O)C2O)C(O)C(OC2OCC(O)C(O)C2O)C1O. The van der Waals surface area contributed by atoms with Gasteiger partial charge in [0, 0.05) is 0 Å². The van der Waals surface area contributed by atoms with Crippen LogP contribution in [0.2, 0.25) is 0 Å². The normalized spacial score (nSPS) is 54.7. The van der Waals surface area contributed by atoms with Crippen molar-refractivity contribution in [2.45, 2.75) is 335 Å². The Morgan fingerprint density at radius 3 is 1.59 bits per heavy atom. The Kier molecular flexibility index (Phi) is 24.1. The third-order valence-corrected chi connectivity index (χ3v) is 26.9. The zero-order valence-electron chi connectivity index (χ0n) is 60.2. The molecular weight excluding hydrogens is 1380 g/mol. The summed E-state index contributed by atoms with van der Waals surface area (Å²) in [6, 6.07) is 0. The van der Waals surface area contributed by atoms with E-state index >= 15 is 4.79 Å². The summed E-state index contributed by atoms with van der Waals surface area (Å²) in [6.45, 7) is 15.6. The minimum atomic E-state index is -2.00. The van der Waals surface area contributed by atoms with Gasteiger partial charge in [0.1, 0.15) is 146 Å². The number of allylic oxidation sites excluding steroid dienone is 2. The summed E-state index contributed by atoms with van der Waals surface area (Å²) in [5, 5.41) is 207. The van der Waals surface area contributed by atoms with Crippen LogP contribution in [0.1, 0.15) is 127 Å². The monoisotopic (exact) mass is 1500 g/mol. The van der Waals surface area contributed by atoms with Crippen LogP contribution in [-0.4, -0.2) is 345 Å². The molecule has 0 bridgehead atoms. The fourth-order valence-electron chi connectivity index (χ4n) is 20.2. The molecule has 0 aromatic rings. The molecule has 0 radical (unpaired) electrons. The molecule has 34 nitrogen and oxygen atoms in total. The Morgan fingerprint density at radius 1 is 0.452 bits per heavy atom. The van der Waals surface area contributed by atoms with Crippen molar-refractivity contribution in [1.82, 2.24) is 0 Å². The van der Waals surface area contributed by atoms with Crippen LogP contribution in [0, 0.1) is 50.2 Å². The summed E-state index contributed by atoms with van der Waals surface area (Å²) in [6.07, 6.45) is -46.5. The lowest BCUT2D eigenvalue weighted by Gasteiger charge is -2.71. The van der Waals surface area contributed by atoms with Gasteiger partial charge in [-0.05, 0) is 123 Å². The molecule has 34 heteroatoms. The average molecular weight is 1500 g/mol. The molecule has 41 unspecified atom stereocenters. The molecule has 7 saturated heterocycles. The molecule has 41 atom stereocenters. The Morgan fingerprint density at radius 2 is 0.962 bits per heavy atom. The van der Waals surface area contributed by atoms with E-state index in [0.717, 1.165) is 19.3 Å².